The quantitative estimate of drug-likeness (QED) is 0.539. The molecule has 6 atom stereocenters. The highest BCUT2D eigenvalue weighted by molar-refractivity contribution is 5.93. The first-order chi connectivity index (χ1) is 17.3. The van der Waals surface area contributed by atoms with E-state index in [-0.39, 0.29) is 22.8 Å². The lowest BCUT2D eigenvalue weighted by atomic mass is 9.47. The van der Waals surface area contributed by atoms with Gasteiger partial charge in [0.25, 0.3) is 5.91 Å². The molecule has 2 aromatic heterocycles. The molecule has 6 heteroatoms. The van der Waals surface area contributed by atoms with Gasteiger partial charge in [-0.3, -0.25) is 4.79 Å². The number of carbonyl (C=O) groups excluding carboxylic acids is 1. The number of imidazole rings is 1. The average Bonchev–Trinajstić information content (AvgIpc) is 3.49. The van der Waals surface area contributed by atoms with Crippen molar-refractivity contribution in [2.75, 3.05) is 0 Å². The van der Waals surface area contributed by atoms with Crippen molar-refractivity contribution in [3.05, 3.63) is 60.0 Å². The summed E-state index contributed by atoms with van der Waals surface area (Å²) in [4.78, 5) is 17.4. The summed E-state index contributed by atoms with van der Waals surface area (Å²) in [5.74, 6) is 2.58. The van der Waals surface area contributed by atoms with Gasteiger partial charge in [0.05, 0.1) is 30.0 Å². The highest BCUT2D eigenvalue weighted by atomic mass is 16.1. The molecule has 0 radical (unpaired) electrons. The van der Waals surface area contributed by atoms with E-state index >= 15 is 0 Å². The number of hydrogen-bond acceptors (Lipinski definition) is 4. The van der Waals surface area contributed by atoms with Crippen LogP contribution in [0.4, 0.5) is 0 Å². The largest absolute Gasteiger partial charge is 0.349 e. The smallest absolute Gasteiger partial charge is 0.253 e. The van der Waals surface area contributed by atoms with Gasteiger partial charge < -0.3 is 9.88 Å². The van der Waals surface area contributed by atoms with E-state index in [0.717, 1.165) is 31.1 Å². The molecule has 1 N–H and O–H groups in total. The summed E-state index contributed by atoms with van der Waals surface area (Å²) in [7, 11) is 0. The van der Waals surface area contributed by atoms with E-state index < -0.39 is 0 Å². The van der Waals surface area contributed by atoms with Gasteiger partial charge in [-0.25, -0.2) is 4.98 Å². The number of aromatic nitrogens is 4. The number of amides is 1. The van der Waals surface area contributed by atoms with Gasteiger partial charge in [0, 0.05) is 23.4 Å². The zero-order valence-electron chi connectivity index (χ0n) is 22.1. The minimum Gasteiger partial charge on any atom is -0.349 e. The van der Waals surface area contributed by atoms with Crippen molar-refractivity contribution in [3.63, 3.8) is 0 Å². The highest BCUT2D eigenvalue weighted by Crippen LogP contribution is 2.65. The van der Waals surface area contributed by atoms with Gasteiger partial charge in [-0.1, -0.05) is 45.4 Å². The normalized spacial score (nSPS) is 35.4. The molecule has 6 nitrogen and oxygen atoms in total. The number of hydrogen-bond donors (Lipinski definition) is 1. The summed E-state index contributed by atoms with van der Waals surface area (Å²) >= 11 is 0. The fourth-order valence-electron chi connectivity index (χ4n) is 8.19. The van der Waals surface area contributed by atoms with Crippen LogP contribution in [0.1, 0.15) is 94.6 Å². The highest BCUT2D eigenvalue weighted by Gasteiger charge is 2.57. The van der Waals surface area contributed by atoms with Crippen LogP contribution >= 0.6 is 0 Å². The van der Waals surface area contributed by atoms with E-state index in [4.69, 9.17) is 4.98 Å². The monoisotopic (exact) mass is 485 g/mol. The Hall–Kier alpha value is -2.76. The molecular weight excluding hydrogens is 446 g/mol. The topological polar surface area (TPSA) is 72.7 Å². The first-order valence-electron chi connectivity index (χ1n) is 13.8. The SMILES string of the molecule is CC(C)c1cn(C2=CCC3C4CC=C5C[C@@H](NC(=O)c6ccnnc6)CC[C@]5(C)C4CC[C@]23C)cn1. The number of nitrogens with zero attached hydrogens (tertiary/aromatic N) is 4. The molecule has 190 valence electrons. The molecule has 4 aliphatic rings. The van der Waals surface area contributed by atoms with Gasteiger partial charge in [0.15, 0.2) is 0 Å². The van der Waals surface area contributed by atoms with Crippen molar-refractivity contribution in [2.24, 2.45) is 28.6 Å². The van der Waals surface area contributed by atoms with Gasteiger partial charge in [-0.2, -0.15) is 10.2 Å². The Balaban J connectivity index is 1.19. The fraction of sp³-hybridized carbons (Fsp3) is 0.600. The Morgan fingerprint density at radius 2 is 1.92 bits per heavy atom. The van der Waals surface area contributed by atoms with E-state index in [0.29, 0.717) is 17.4 Å². The van der Waals surface area contributed by atoms with Crippen LogP contribution in [0, 0.1) is 28.6 Å². The summed E-state index contributed by atoms with van der Waals surface area (Å²) in [5, 5.41) is 10.9. The second kappa shape index (κ2) is 8.67. The Bertz CT molecular complexity index is 1210. The number of nitrogens with one attached hydrogen (secondary N) is 1. The minimum atomic E-state index is -0.0362. The van der Waals surface area contributed by atoms with Gasteiger partial charge in [-0.05, 0) is 80.1 Å². The van der Waals surface area contributed by atoms with Crippen LogP contribution in [-0.4, -0.2) is 31.7 Å². The second-order valence-corrected chi connectivity index (χ2v) is 12.4. The van der Waals surface area contributed by atoms with E-state index in [1.54, 1.807) is 24.0 Å². The van der Waals surface area contributed by atoms with Crippen molar-refractivity contribution in [2.45, 2.75) is 84.6 Å². The maximum Gasteiger partial charge on any atom is 0.253 e. The van der Waals surface area contributed by atoms with E-state index in [1.807, 2.05) is 6.33 Å². The molecular formula is C30H39N5O. The molecule has 2 aromatic rings. The Morgan fingerprint density at radius 3 is 2.67 bits per heavy atom. The van der Waals surface area contributed by atoms with E-state index in [1.165, 1.54) is 37.1 Å². The van der Waals surface area contributed by atoms with Crippen molar-refractivity contribution < 1.29 is 4.79 Å². The van der Waals surface area contributed by atoms with Crippen LogP contribution in [0.15, 0.2) is 48.7 Å². The van der Waals surface area contributed by atoms with Crippen LogP contribution in [0.2, 0.25) is 0 Å². The van der Waals surface area contributed by atoms with E-state index in [9.17, 15) is 4.79 Å². The third-order valence-corrected chi connectivity index (χ3v) is 10.3. The summed E-state index contributed by atoms with van der Waals surface area (Å²) in [5.41, 5.74) is 5.30. The van der Waals surface area contributed by atoms with Gasteiger partial charge in [-0.15, -0.1) is 0 Å². The number of rotatable bonds is 4. The summed E-state index contributed by atoms with van der Waals surface area (Å²) in [6, 6.07) is 1.93. The summed E-state index contributed by atoms with van der Waals surface area (Å²) in [6.45, 7) is 9.48. The van der Waals surface area contributed by atoms with E-state index in [2.05, 4.69) is 66.1 Å². The van der Waals surface area contributed by atoms with Crippen molar-refractivity contribution in [1.82, 2.24) is 25.1 Å². The summed E-state index contributed by atoms with van der Waals surface area (Å²) in [6.07, 6.45) is 20.6. The first-order valence-corrected chi connectivity index (χ1v) is 13.8. The molecule has 36 heavy (non-hydrogen) atoms. The molecule has 1 amide bonds. The predicted molar refractivity (Wildman–Crippen MR) is 141 cm³/mol. The number of fused-ring (bicyclic) bond motifs is 5. The number of allylic oxidation sites excluding steroid dienone is 3. The van der Waals surface area contributed by atoms with Gasteiger partial charge >= 0.3 is 0 Å². The molecule has 4 aliphatic carbocycles. The van der Waals surface area contributed by atoms with Gasteiger partial charge in [0.2, 0.25) is 0 Å². The molecule has 2 saturated carbocycles. The predicted octanol–water partition coefficient (Wildman–Crippen LogP) is 6.01. The minimum absolute atomic E-state index is 0.0362. The second-order valence-electron chi connectivity index (χ2n) is 12.4. The van der Waals surface area contributed by atoms with Crippen molar-refractivity contribution in [3.8, 4) is 0 Å². The Morgan fingerprint density at radius 1 is 1.08 bits per heavy atom. The van der Waals surface area contributed by atoms with Crippen LogP contribution in [0.25, 0.3) is 5.70 Å². The maximum atomic E-state index is 12.7. The molecule has 0 bridgehead atoms. The lowest BCUT2D eigenvalue weighted by molar-refractivity contribution is -0.0137. The first kappa shape index (κ1) is 23.6. The fourth-order valence-corrected chi connectivity index (χ4v) is 8.19. The van der Waals surface area contributed by atoms with Crippen molar-refractivity contribution in [1.29, 1.82) is 0 Å². The van der Waals surface area contributed by atoms with Crippen LogP contribution in [0.3, 0.4) is 0 Å². The molecule has 2 fully saturated rings. The molecule has 0 aromatic carbocycles. The zero-order chi connectivity index (χ0) is 25.1. The Kier molecular flexibility index (Phi) is 5.69. The number of carbonyl (C=O) groups is 1. The molecule has 0 aliphatic heterocycles. The summed E-state index contributed by atoms with van der Waals surface area (Å²) < 4.78 is 2.33. The standard InChI is InChI=1S/C30H39N5O/c1-19(2)26-17-35(18-31-26)27-8-7-24-23-6-5-21-15-22(34-28(36)20-11-14-32-33-16-20)9-12-29(21,3)25(23)10-13-30(24,27)4/h5,8,11,14,16-19,22-25H,6-7,9-10,12-13,15H2,1-4H3,(H,34,36)/t22-,23?,24?,25?,29-,30-/m0/s1. The van der Waals surface area contributed by atoms with Crippen LogP contribution in [-0.2, 0) is 0 Å². The molecule has 3 unspecified atom stereocenters. The van der Waals surface area contributed by atoms with Crippen LogP contribution < -0.4 is 5.32 Å². The molecule has 6 rings (SSSR count). The van der Waals surface area contributed by atoms with Gasteiger partial charge in [0.1, 0.15) is 0 Å². The maximum absolute atomic E-state index is 12.7. The Labute approximate surface area is 214 Å². The molecule has 0 saturated heterocycles. The average molecular weight is 486 g/mol. The third kappa shape index (κ3) is 3.67. The van der Waals surface area contributed by atoms with Crippen molar-refractivity contribution >= 4 is 11.6 Å². The van der Waals surface area contributed by atoms with Crippen LogP contribution in [0.5, 0.6) is 0 Å². The molecule has 0 spiro atoms. The third-order valence-electron chi connectivity index (χ3n) is 10.3. The lowest BCUT2D eigenvalue weighted by Gasteiger charge is -2.58. The lowest BCUT2D eigenvalue weighted by Crippen LogP contribution is -2.51. The zero-order valence-corrected chi connectivity index (χ0v) is 22.1. The molecule has 2 heterocycles.